The molecule has 0 spiro atoms. The van der Waals surface area contributed by atoms with Crippen molar-refractivity contribution in [3.05, 3.63) is 35.9 Å². The van der Waals surface area contributed by atoms with Crippen molar-refractivity contribution < 1.29 is 4.74 Å². The van der Waals surface area contributed by atoms with Crippen molar-refractivity contribution in [2.24, 2.45) is 5.41 Å². The van der Waals surface area contributed by atoms with Gasteiger partial charge in [0.1, 0.15) is 0 Å². The lowest BCUT2D eigenvalue weighted by atomic mass is 9.85. The lowest BCUT2D eigenvalue weighted by Crippen LogP contribution is -2.33. The molecule has 0 bridgehead atoms. The molecule has 1 aromatic carbocycles. The minimum atomic E-state index is 0.456. The largest absolute Gasteiger partial charge is 0.381 e. The second-order valence-corrected chi connectivity index (χ2v) is 6.27. The summed E-state index contributed by atoms with van der Waals surface area (Å²) in [5.74, 6) is 2.35. The van der Waals surface area contributed by atoms with Gasteiger partial charge in [-0.3, -0.25) is 0 Å². The normalized spacial score (nSPS) is 19.1. The average Bonchev–Trinajstić information content (AvgIpc) is 2.41. The Bertz CT molecular complexity index is 322. The van der Waals surface area contributed by atoms with E-state index >= 15 is 0 Å². The Labute approximate surface area is 116 Å². The van der Waals surface area contributed by atoms with E-state index < -0.39 is 0 Å². The SMILES string of the molecule is BrCC1(CSCc2ccccc2)CCOCC1. The molecule has 2 rings (SSSR count). The summed E-state index contributed by atoms with van der Waals surface area (Å²) >= 11 is 5.74. The smallest absolute Gasteiger partial charge is 0.0471 e. The summed E-state index contributed by atoms with van der Waals surface area (Å²) in [6, 6.07) is 10.7. The zero-order chi connectivity index (χ0) is 12.0. The highest BCUT2D eigenvalue weighted by molar-refractivity contribution is 9.09. The molecule has 0 aromatic heterocycles. The van der Waals surface area contributed by atoms with Crippen LogP contribution in [0.2, 0.25) is 0 Å². The molecule has 1 aromatic rings. The van der Waals surface area contributed by atoms with Crippen LogP contribution in [0.5, 0.6) is 0 Å². The second kappa shape index (κ2) is 6.81. The Kier molecular flexibility index (Phi) is 5.39. The van der Waals surface area contributed by atoms with Gasteiger partial charge in [0.2, 0.25) is 0 Å². The van der Waals surface area contributed by atoms with Crippen LogP contribution in [-0.4, -0.2) is 24.3 Å². The van der Waals surface area contributed by atoms with Crippen LogP contribution in [0.4, 0.5) is 0 Å². The third kappa shape index (κ3) is 4.01. The monoisotopic (exact) mass is 314 g/mol. The van der Waals surface area contributed by atoms with Crippen LogP contribution < -0.4 is 0 Å². The first-order chi connectivity index (χ1) is 8.35. The van der Waals surface area contributed by atoms with Gasteiger partial charge in [-0.05, 0) is 23.8 Å². The molecule has 0 radical (unpaired) electrons. The molecule has 94 valence electrons. The fraction of sp³-hybridized carbons (Fsp3) is 0.571. The highest BCUT2D eigenvalue weighted by Crippen LogP contribution is 2.36. The summed E-state index contributed by atoms with van der Waals surface area (Å²) in [7, 11) is 0. The van der Waals surface area contributed by atoms with Crippen LogP contribution in [0.1, 0.15) is 18.4 Å². The fourth-order valence-electron chi connectivity index (χ4n) is 2.08. The van der Waals surface area contributed by atoms with E-state index in [0.717, 1.165) is 24.3 Å². The van der Waals surface area contributed by atoms with E-state index in [0.29, 0.717) is 5.41 Å². The van der Waals surface area contributed by atoms with Crippen molar-refractivity contribution in [3.8, 4) is 0 Å². The number of rotatable bonds is 5. The quantitative estimate of drug-likeness (QED) is 0.756. The number of ether oxygens (including phenoxy) is 1. The molecule has 0 unspecified atom stereocenters. The maximum Gasteiger partial charge on any atom is 0.0471 e. The molecule has 1 saturated heterocycles. The van der Waals surface area contributed by atoms with Crippen LogP contribution in [0.25, 0.3) is 0 Å². The highest BCUT2D eigenvalue weighted by Gasteiger charge is 2.31. The van der Waals surface area contributed by atoms with Gasteiger partial charge in [0, 0.05) is 30.0 Å². The van der Waals surface area contributed by atoms with Crippen LogP contribution in [0, 0.1) is 5.41 Å². The third-order valence-electron chi connectivity index (χ3n) is 3.36. The van der Waals surface area contributed by atoms with Gasteiger partial charge in [-0.25, -0.2) is 0 Å². The Balaban J connectivity index is 1.80. The predicted molar refractivity (Wildman–Crippen MR) is 78.9 cm³/mol. The van der Waals surface area contributed by atoms with E-state index in [-0.39, 0.29) is 0 Å². The maximum absolute atomic E-state index is 5.46. The molecule has 0 aliphatic carbocycles. The van der Waals surface area contributed by atoms with Crippen molar-refractivity contribution in [2.45, 2.75) is 18.6 Å². The molecule has 3 heteroatoms. The third-order valence-corrected chi connectivity index (χ3v) is 5.90. The summed E-state index contributed by atoms with van der Waals surface area (Å²) in [6.45, 7) is 1.86. The first-order valence-electron chi connectivity index (χ1n) is 6.10. The minimum absolute atomic E-state index is 0.456. The van der Waals surface area contributed by atoms with Gasteiger partial charge in [-0.2, -0.15) is 11.8 Å². The Hall–Kier alpha value is 0.01000. The molecule has 1 aliphatic heterocycles. The fourth-order valence-corrected chi connectivity index (χ4v) is 4.46. The highest BCUT2D eigenvalue weighted by atomic mass is 79.9. The van der Waals surface area contributed by atoms with E-state index in [1.807, 2.05) is 0 Å². The molecule has 0 atom stereocenters. The van der Waals surface area contributed by atoms with E-state index in [1.54, 1.807) is 0 Å². The summed E-state index contributed by atoms with van der Waals surface area (Å²) in [5.41, 5.74) is 1.88. The number of thioether (sulfide) groups is 1. The topological polar surface area (TPSA) is 9.23 Å². The molecular weight excluding hydrogens is 296 g/mol. The molecule has 0 amide bonds. The van der Waals surface area contributed by atoms with Gasteiger partial charge in [0.05, 0.1) is 0 Å². The number of benzene rings is 1. The van der Waals surface area contributed by atoms with Gasteiger partial charge in [0.25, 0.3) is 0 Å². The Morgan fingerprint density at radius 1 is 1.18 bits per heavy atom. The van der Waals surface area contributed by atoms with Gasteiger partial charge in [-0.1, -0.05) is 46.3 Å². The summed E-state index contributed by atoms with van der Waals surface area (Å²) in [4.78, 5) is 0. The van der Waals surface area contributed by atoms with Crippen LogP contribution in [0.3, 0.4) is 0 Å². The second-order valence-electron chi connectivity index (χ2n) is 4.72. The van der Waals surface area contributed by atoms with Crippen molar-refractivity contribution in [1.29, 1.82) is 0 Å². The molecular formula is C14H19BrOS. The lowest BCUT2D eigenvalue weighted by Gasteiger charge is -2.35. The zero-order valence-corrected chi connectivity index (χ0v) is 12.4. The number of hydrogen-bond acceptors (Lipinski definition) is 2. The van der Waals surface area contributed by atoms with Crippen molar-refractivity contribution in [3.63, 3.8) is 0 Å². The zero-order valence-electron chi connectivity index (χ0n) is 10.0. The van der Waals surface area contributed by atoms with E-state index in [1.165, 1.54) is 24.2 Å². The van der Waals surface area contributed by atoms with Crippen LogP contribution >= 0.6 is 27.7 Å². The number of alkyl halides is 1. The lowest BCUT2D eigenvalue weighted by molar-refractivity contribution is 0.0374. The number of hydrogen-bond donors (Lipinski definition) is 0. The van der Waals surface area contributed by atoms with Gasteiger partial charge < -0.3 is 4.74 Å². The van der Waals surface area contributed by atoms with Crippen molar-refractivity contribution >= 4 is 27.7 Å². The first kappa shape index (κ1) is 13.4. The maximum atomic E-state index is 5.46. The van der Waals surface area contributed by atoms with E-state index in [9.17, 15) is 0 Å². The van der Waals surface area contributed by atoms with Crippen LogP contribution in [0.15, 0.2) is 30.3 Å². The predicted octanol–water partition coefficient (Wildman–Crippen LogP) is 4.11. The van der Waals surface area contributed by atoms with E-state index in [4.69, 9.17) is 4.74 Å². The molecule has 1 nitrogen and oxygen atoms in total. The molecule has 0 N–H and O–H groups in total. The van der Waals surface area contributed by atoms with Gasteiger partial charge in [-0.15, -0.1) is 0 Å². The molecule has 1 heterocycles. The summed E-state index contributed by atoms with van der Waals surface area (Å²) in [5, 5.41) is 1.10. The summed E-state index contributed by atoms with van der Waals surface area (Å²) < 4.78 is 5.46. The molecule has 1 aliphatic rings. The Morgan fingerprint density at radius 2 is 1.88 bits per heavy atom. The van der Waals surface area contributed by atoms with Gasteiger partial charge in [0.15, 0.2) is 0 Å². The first-order valence-corrected chi connectivity index (χ1v) is 8.38. The minimum Gasteiger partial charge on any atom is -0.381 e. The molecule has 0 saturated carbocycles. The molecule has 17 heavy (non-hydrogen) atoms. The average molecular weight is 315 g/mol. The Morgan fingerprint density at radius 3 is 2.53 bits per heavy atom. The van der Waals surface area contributed by atoms with E-state index in [2.05, 4.69) is 58.0 Å². The van der Waals surface area contributed by atoms with Crippen LogP contribution in [-0.2, 0) is 10.5 Å². The van der Waals surface area contributed by atoms with Gasteiger partial charge >= 0.3 is 0 Å². The summed E-state index contributed by atoms with van der Waals surface area (Å²) in [6.07, 6.45) is 2.39. The standard InChI is InChI=1S/C14H19BrOS/c15-11-14(6-8-16-9-7-14)12-17-10-13-4-2-1-3-5-13/h1-5H,6-12H2. The van der Waals surface area contributed by atoms with Crippen molar-refractivity contribution in [2.75, 3.05) is 24.3 Å². The van der Waals surface area contributed by atoms with Crippen molar-refractivity contribution in [1.82, 2.24) is 0 Å². The number of halogens is 1. The molecule has 1 fully saturated rings.